The number of hydrogen-bond donors (Lipinski definition) is 1. The highest BCUT2D eigenvalue weighted by molar-refractivity contribution is 5.75. The summed E-state index contributed by atoms with van der Waals surface area (Å²) in [6.45, 7) is 0. The predicted octanol–water partition coefficient (Wildman–Crippen LogP) is 1.34. The zero-order chi connectivity index (χ0) is 7.68. The van der Waals surface area contributed by atoms with E-state index in [9.17, 15) is 0 Å². The van der Waals surface area contributed by atoms with Crippen LogP contribution < -0.4 is 0 Å². The summed E-state index contributed by atoms with van der Waals surface area (Å²) in [5.41, 5.74) is 0.658. The van der Waals surface area contributed by atoms with Crippen LogP contribution in [-0.2, 0) is 0 Å². The van der Waals surface area contributed by atoms with Crippen LogP contribution >= 0.6 is 0 Å². The summed E-state index contributed by atoms with van der Waals surface area (Å²) in [4.78, 5) is 7.92. The second-order valence-electron chi connectivity index (χ2n) is 2.24. The summed E-state index contributed by atoms with van der Waals surface area (Å²) in [6, 6.07) is 5.30. The molecule has 0 saturated carbocycles. The van der Waals surface area contributed by atoms with Crippen LogP contribution in [0.25, 0.3) is 11.0 Å². The van der Waals surface area contributed by atoms with Crippen LogP contribution in [0.15, 0.2) is 30.6 Å². The van der Waals surface area contributed by atoms with E-state index < -0.39 is 0 Å². The fourth-order valence-corrected chi connectivity index (χ4v) is 0.954. The van der Waals surface area contributed by atoms with Gasteiger partial charge < -0.3 is 5.11 Å². The smallest absolute Gasteiger partial charge is 0.159 e. The zero-order valence-electron chi connectivity index (χ0n) is 5.73. The van der Waals surface area contributed by atoms with Gasteiger partial charge in [-0.2, -0.15) is 0 Å². The van der Waals surface area contributed by atoms with Crippen molar-refractivity contribution in [2.75, 3.05) is 0 Å². The second-order valence-corrected chi connectivity index (χ2v) is 2.24. The van der Waals surface area contributed by atoms with Gasteiger partial charge in [0.1, 0.15) is 5.75 Å². The van der Waals surface area contributed by atoms with Gasteiger partial charge in [0.15, 0.2) is 5.65 Å². The topological polar surface area (TPSA) is 46.0 Å². The Morgan fingerprint density at radius 1 is 1.27 bits per heavy atom. The van der Waals surface area contributed by atoms with Gasteiger partial charge in [0, 0.05) is 11.6 Å². The first-order valence-corrected chi connectivity index (χ1v) is 3.26. The summed E-state index contributed by atoms with van der Waals surface area (Å²) >= 11 is 0. The van der Waals surface area contributed by atoms with Crippen LogP contribution in [0, 0.1) is 0 Å². The monoisotopic (exact) mass is 146 g/mol. The molecule has 2 heterocycles. The summed E-state index contributed by atoms with van der Waals surface area (Å²) in [7, 11) is 0. The third kappa shape index (κ3) is 1.00. The SMILES string of the molecule is Oc1cnc2ncccc2c1. The maximum atomic E-state index is 9.04. The Bertz CT molecular complexity index is 387. The Kier molecular flexibility index (Phi) is 1.22. The molecule has 3 nitrogen and oxygen atoms in total. The van der Waals surface area contributed by atoms with Gasteiger partial charge in [-0.1, -0.05) is 0 Å². The van der Waals surface area contributed by atoms with E-state index in [1.807, 2.05) is 12.1 Å². The van der Waals surface area contributed by atoms with Crippen LogP contribution in [-0.4, -0.2) is 15.1 Å². The molecule has 54 valence electrons. The molecule has 11 heavy (non-hydrogen) atoms. The number of fused-ring (bicyclic) bond motifs is 1. The fourth-order valence-electron chi connectivity index (χ4n) is 0.954. The molecule has 0 spiro atoms. The third-order valence-electron chi connectivity index (χ3n) is 1.44. The minimum Gasteiger partial charge on any atom is -0.506 e. The molecule has 0 aliphatic heterocycles. The van der Waals surface area contributed by atoms with E-state index in [-0.39, 0.29) is 5.75 Å². The first kappa shape index (κ1) is 6.09. The Morgan fingerprint density at radius 3 is 3.09 bits per heavy atom. The van der Waals surface area contributed by atoms with Crippen molar-refractivity contribution in [1.82, 2.24) is 9.97 Å². The van der Waals surface area contributed by atoms with Crippen molar-refractivity contribution in [3.63, 3.8) is 0 Å². The lowest BCUT2D eigenvalue weighted by Gasteiger charge is -1.94. The molecular weight excluding hydrogens is 140 g/mol. The van der Waals surface area contributed by atoms with Gasteiger partial charge in [0.25, 0.3) is 0 Å². The van der Waals surface area contributed by atoms with Crippen molar-refractivity contribution >= 4 is 11.0 Å². The Labute approximate surface area is 63.3 Å². The van der Waals surface area contributed by atoms with E-state index in [2.05, 4.69) is 9.97 Å². The highest BCUT2D eigenvalue weighted by Gasteiger charge is 1.94. The van der Waals surface area contributed by atoms with E-state index in [1.54, 1.807) is 12.3 Å². The van der Waals surface area contributed by atoms with Gasteiger partial charge in [-0.05, 0) is 18.2 Å². The van der Waals surface area contributed by atoms with Gasteiger partial charge in [-0.25, -0.2) is 9.97 Å². The highest BCUT2D eigenvalue weighted by atomic mass is 16.3. The lowest BCUT2D eigenvalue weighted by atomic mass is 10.3. The first-order valence-electron chi connectivity index (χ1n) is 3.26. The Hall–Kier alpha value is -1.64. The lowest BCUT2D eigenvalue weighted by Crippen LogP contribution is -1.80. The molecule has 0 aliphatic carbocycles. The van der Waals surface area contributed by atoms with Crippen molar-refractivity contribution in [3.8, 4) is 5.75 Å². The maximum absolute atomic E-state index is 9.04. The van der Waals surface area contributed by atoms with Crippen LogP contribution in [0.3, 0.4) is 0 Å². The largest absolute Gasteiger partial charge is 0.506 e. The van der Waals surface area contributed by atoms with Crippen LogP contribution in [0.5, 0.6) is 5.75 Å². The standard InChI is InChI=1S/C8H6N2O/c11-7-4-6-2-1-3-9-8(6)10-5-7/h1-5,11H. The summed E-state index contributed by atoms with van der Waals surface area (Å²) in [5.74, 6) is 0.172. The summed E-state index contributed by atoms with van der Waals surface area (Å²) in [6.07, 6.45) is 3.06. The van der Waals surface area contributed by atoms with E-state index >= 15 is 0 Å². The molecule has 0 radical (unpaired) electrons. The molecule has 0 atom stereocenters. The van der Waals surface area contributed by atoms with Crippen molar-refractivity contribution in [2.45, 2.75) is 0 Å². The van der Waals surface area contributed by atoms with Crippen molar-refractivity contribution in [2.24, 2.45) is 0 Å². The normalized spacial score (nSPS) is 10.2. The number of pyridine rings is 2. The minimum atomic E-state index is 0.172. The fraction of sp³-hybridized carbons (Fsp3) is 0. The minimum absolute atomic E-state index is 0.172. The van der Waals surface area contributed by atoms with E-state index in [4.69, 9.17) is 5.11 Å². The molecule has 0 amide bonds. The molecule has 0 bridgehead atoms. The molecule has 2 rings (SSSR count). The van der Waals surface area contributed by atoms with E-state index in [0.29, 0.717) is 5.65 Å². The number of aromatic nitrogens is 2. The Morgan fingerprint density at radius 2 is 2.18 bits per heavy atom. The molecule has 1 N–H and O–H groups in total. The number of hydrogen-bond acceptors (Lipinski definition) is 3. The van der Waals surface area contributed by atoms with Gasteiger partial charge in [-0.15, -0.1) is 0 Å². The van der Waals surface area contributed by atoms with Crippen molar-refractivity contribution < 1.29 is 5.11 Å². The van der Waals surface area contributed by atoms with Crippen molar-refractivity contribution in [1.29, 1.82) is 0 Å². The molecule has 3 heteroatoms. The van der Waals surface area contributed by atoms with Crippen LogP contribution in [0.4, 0.5) is 0 Å². The highest BCUT2D eigenvalue weighted by Crippen LogP contribution is 2.13. The molecular formula is C8H6N2O. The number of aromatic hydroxyl groups is 1. The second kappa shape index (κ2) is 2.20. The molecule has 0 fully saturated rings. The molecule has 0 aliphatic rings. The quantitative estimate of drug-likeness (QED) is 0.610. The van der Waals surface area contributed by atoms with Gasteiger partial charge in [0.2, 0.25) is 0 Å². The number of rotatable bonds is 0. The average molecular weight is 146 g/mol. The van der Waals surface area contributed by atoms with Gasteiger partial charge in [-0.3, -0.25) is 0 Å². The third-order valence-corrected chi connectivity index (χ3v) is 1.44. The van der Waals surface area contributed by atoms with Gasteiger partial charge in [0.05, 0.1) is 6.20 Å². The predicted molar refractivity (Wildman–Crippen MR) is 41.2 cm³/mol. The van der Waals surface area contributed by atoms with E-state index in [0.717, 1.165) is 5.39 Å². The molecule has 2 aromatic heterocycles. The maximum Gasteiger partial charge on any atom is 0.159 e. The average Bonchev–Trinajstić information content (AvgIpc) is 2.04. The zero-order valence-corrected chi connectivity index (χ0v) is 5.73. The Balaban J connectivity index is 2.83. The molecule has 2 aromatic rings. The molecule has 0 unspecified atom stereocenters. The summed E-state index contributed by atoms with van der Waals surface area (Å²) < 4.78 is 0. The van der Waals surface area contributed by atoms with E-state index in [1.165, 1.54) is 6.20 Å². The first-order chi connectivity index (χ1) is 5.36. The van der Waals surface area contributed by atoms with Gasteiger partial charge >= 0.3 is 0 Å². The van der Waals surface area contributed by atoms with Crippen LogP contribution in [0.2, 0.25) is 0 Å². The number of nitrogens with zero attached hydrogens (tertiary/aromatic N) is 2. The summed E-state index contributed by atoms with van der Waals surface area (Å²) in [5, 5.41) is 9.89. The van der Waals surface area contributed by atoms with Crippen LogP contribution in [0.1, 0.15) is 0 Å². The van der Waals surface area contributed by atoms with Crippen molar-refractivity contribution in [3.05, 3.63) is 30.6 Å². The molecule has 0 aromatic carbocycles. The lowest BCUT2D eigenvalue weighted by molar-refractivity contribution is 0.474. The molecule has 0 saturated heterocycles.